The number of sulfone groups is 1. The van der Waals surface area contributed by atoms with Crippen molar-refractivity contribution in [3.05, 3.63) is 83.0 Å². The molecule has 0 aliphatic carbocycles. The van der Waals surface area contributed by atoms with E-state index in [-0.39, 0.29) is 22.2 Å². The third kappa shape index (κ3) is 4.75. The van der Waals surface area contributed by atoms with Crippen LogP contribution in [0.5, 0.6) is 5.75 Å². The zero-order chi connectivity index (χ0) is 24.5. The van der Waals surface area contributed by atoms with E-state index >= 15 is 0 Å². The number of fused-ring (bicyclic) bond motifs is 1. The maximum absolute atomic E-state index is 13.0. The van der Waals surface area contributed by atoms with Gasteiger partial charge in [-0.05, 0) is 53.4 Å². The van der Waals surface area contributed by atoms with Crippen LogP contribution in [0.15, 0.2) is 76.8 Å². The summed E-state index contributed by atoms with van der Waals surface area (Å²) in [7, 11) is -3.03. The average Bonchev–Trinajstić information content (AvgIpc) is 3.26. The Morgan fingerprint density at radius 2 is 1.82 bits per heavy atom. The van der Waals surface area contributed by atoms with Crippen LogP contribution in [0.2, 0.25) is 0 Å². The van der Waals surface area contributed by atoms with Crippen LogP contribution in [0, 0.1) is 0 Å². The Morgan fingerprint density at radius 1 is 1.09 bits per heavy atom. The van der Waals surface area contributed by atoms with Gasteiger partial charge in [-0.25, -0.2) is 8.42 Å². The summed E-state index contributed by atoms with van der Waals surface area (Å²) in [4.78, 5) is 16.5. The number of amides is 1. The molecule has 1 N–H and O–H groups in total. The average molecular weight is 507 g/mol. The van der Waals surface area contributed by atoms with Gasteiger partial charge < -0.3 is 10.1 Å². The Bertz CT molecular complexity index is 1430. The Hall–Kier alpha value is -3.44. The summed E-state index contributed by atoms with van der Waals surface area (Å²) in [5, 5.41) is 3.69. The molecule has 0 aliphatic heterocycles. The minimum Gasteiger partial charge on any atom is -0.495 e. The van der Waals surface area contributed by atoms with E-state index in [2.05, 4.69) is 10.3 Å². The van der Waals surface area contributed by atoms with Crippen LogP contribution in [-0.2, 0) is 22.6 Å². The van der Waals surface area contributed by atoms with Crippen molar-refractivity contribution in [1.29, 1.82) is 0 Å². The second-order valence-corrected chi connectivity index (χ2v) is 10.2. The Balaban J connectivity index is 1.50. The molecule has 176 valence electrons. The summed E-state index contributed by atoms with van der Waals surface area (Å²) in [6, 6.07) is 11.5. The fourth-order valence-electron chi connectivity index (χ4n) is 3.25. The number of aromatic nitrogens is 1. The van der Waals surface area contributed by atoms with Crippen molar-refractivity contribution in [2.24, 2.45) is 0 Å². The molecule has 11 heteroatoms. The quantitative estimate of drug-likeness (QED) is 0.394. The molecule has 4 aromatic rings. The smallest absolute Gasteiger partial charge is 0.416 e. The minimum atomic E-state index is -4.63. The van der Waals surface area contributed by atoms with E-state index in [1.54, 1.807) is 18.5 Å². The second-order valence-electron chi connectivity index (χ2n) is 7.22. The predicted octanol–water partition coefficient (Wildman–Crippen LogP) is 5.09. The highest BCUT2D eigenvalue weighted by molar-refractivity contribution is 7.91. The third-order valence-corrected chi connectivity index (χ3v) is 7.91. The van der Waals surface area contributed by atoms with E-state index in [9.17, 15) is 26.4 Å². The van der Waals surface area contributed by atoms with Crippen LogP contribution in [0.1, 0.15) is 20.8 Å². The second kappa shape index (κ2) is 9.07. The lowest BCUT2D eigenvalue weighted by Crippen LogP contribution is -2.21. The number of hydrogen-bond acceptors (Lipinski definition) is 6. The van der Waals surface area contributed by atoms with Gasteiger partial charge in [0.2, 0.25) is 9.84 Å². The van der Waals surface area contributed by atoms with Gasteiger partial charge in [-0.1, -0.05) is 12.1 Å². The van der Waals surface area contributed by atoms with Crippen molar-refractivity contribution < 1.29 is 31.1 Å². The molecule has 0 aliphatic rings. The highest BCUT2D eigenvalue weighted by atomic mass is 32.2. The van der Waals surface area contributed by atoms with Crippen molar-refractivity contribution >= 4 is 37.2 Å². The first kappa shape index (κ1) is 23.7. The van der Waals surface area contributed by atoms with E-state index in [0.717, 1.165) is 23.3 Å². The summed E-state index contributed by atoms with van der Waals surface area (Å²) in [6.07, 6.45) is -1.30. The van der Waals surface area contributed by atoms with Gasteiger partial charge in [-0.15, -0.1) is 11.3 Å². The first-order valence-corrected chi connectivity index (χ1v) is 12.1. The fourth-order valence-corrected chi connectivity index (χ4v) is 5.59. The predicted molar refractivity (Wildman–Crippen MR) is 121 cm³/mol. The van der Waals surface area contributed by atoms with Crippen LogP contribution in [0.25, 0.3) is 10.1 Å². The fraction of sp³-hybridized carbons (Fsp3) is 0.130. The first-order valence-electron chi connectivity index (χ1n) is 9.80. The van der Waals surface area contributed by atoms with Gasteiger partial charge in [-0.2, -0.15) is 13.2 Å². The Morgan fingerprint density at radius 3 is 2.47 bits per heavy atom. The van der Waals surface area contributed by atoms with Gasteiger partial charge in [-0.3, -0.25) is 9.78 Å². The van der Waals surface area contributed by atoms with Crippen molar-refractivity contribution in [1.82, 2.24) is 10.3 Å². The lowest BCUT2D eigenvalue weighted by Gasteiger charge is -2.13. The molecular weight excluding hydrogens is 489 g/mol. The number of pyridine rings is 1. The maximum Gasteiger partial charge on any atom is 0.416 e. The molecule has 34 heavy (non-hydrogen) atoms. The van der Waals surface area contributed by atoms with Gasteiger partial charge in [0.05, 0.1) is 27.1 Å². The van der Waals surface area contributed by atoms with Crippen LogP contribution in [0.4, 0.5) is 13.2 Å². The van der Waals surface area contributed by atoms with E-state index in [4.69, 9.17) is 4.74 Å². The monoisotopic (exact) mass is 506 g/mol. The molecule has 0 saturated heterocycles. The molecule has 0 fully saturated rings. The number of alkyl halides is 3. The van der Waals surface area contributed by atoms with Gasteiger partial charge >= 0.3 is 6.18 Å². The van der Waals surface area contributed by atoms with Crippen LogP contribution < -0.4 is 10.1 Å². The molecule has 0 radical (unpaired) electrons. The number of carbonyl (C=O) groups is 1. The zero-order valence-electron chi connectivity index (χ0n) is 17.6. The molecule has 4 rings (SSSR count). The molecule has 2 heterocycles. The molecule has 2 aromatic carbocycles. The topological polar surface area (TPSA) is 85.4 Å². The molecule has 2 aromatic heterocycles. The highest BCUT2D eigenvalue weighted by Gasteiger charge is 2.33. The number of hydrogen-bond donors (Lipinski definition) is 1. The highest BCUT2D eigenvalue weighted by Crippen LogP contribution is 2.36. The SMILES string of the molecule is COc1cc(C(F)(F)F)ccc1S(=O)(=O)c1ccc(CNC(=O)c2cc3ccncc3s2)cc1. The van der Waals surface area contributed by atoms with E-state index in [1.807, 2.05) is 6.07 Å². The third-order valence-electron chi connectivity index (χ3n) is 5.01. The Kier molecular flexibility index (Phi) is 6.32. The number of ether oxygens (including phenoxy) is 1. The van der Waals surface area contributed by atoms with Crippen molar-refractivity contribution in [2.45, 2.75) is 22.5 Å². The zero-order valence-corrected chi connectivity index (χ0v) is 19.2. The maximum atomic E-state index is 13.0. The van der Waals surface area contributed by atoms with Crippen molar-refractivity contribution in [2.75, 3.05) is 7.11 Å². The van der Waals surface area contributed by atoms with Crippen LogP contribution >= 0.6 is 11.3 Å². The number of rotatable bonds is 6. The lowest BCUT2D eigenvalue weighted by atomic mass is 10.2. The summed E-state index contributed by atoms with van der Waals surface area (Å²) < 4.78 is 70.6. The van der Waals surface area contributed by atoms with Gasteiger partial charge in [0.25, 0.3) is 5.91 Å². The molecule has 0 atom stereocenters. The van der Waals surface area contributed by atoms with Crippen molar-refractivity contribution in [3.63, 3.8) is 0 Å². The minimum absolute atomic E-state index is 0.113. The normalized spacial score (nSPS) is 12.0. The largest absolute Gasteiger partial charge is 0.495 e. The van der Waals surface area contributed by atoms with E-state index < -0.39 is 27.3 Å². The molecule has 6 nitrogen and oxygen atoms in total. The van der Waals surface area contributed by atoms with Crippen LogP contribution in [0.3, 0.4) is 0 Å². The van der Waals surface area contributed by atoms with Crippen molar-refractivity contribution in [3.8, 4) is 5.75 Å². The molecule has 0 saturated carbocycles. The van der Waals surface area contributed by atoms with Gasteiger partial charge in [0, 0.05) is 18.9 Å². The number of benzene rings is 2. The standard InChI is InChI=1S/C23H17F3N2O4S2/c1-32-18-11-16(23(24,25)26)4-7-21(18)34(30,31)17-5-2-14(3-6-17)12-28-22(29)19-10-15-8-9-27-13-20(15)33-19/h2-11,13H,12H2,1H3,(H,28,29). The van der Waals surface area contributed by atoms with Gasteiger partial charge in [0.15, 0.2) is 0 Å². The lowest BCUT2D eigenvalue weighted by molar-refractivity contribution is -0.137. The number of halogens is 3. The number of nitrogens with one attached hydrogen (secondary N) is 1. The first-order chi connectivity index (χ1) is 16.1. The number of carbonyl (C=O) groups excluding carboxylic acids is 1. The summed E-state index contributed by atoms with van der Waals surface area (Å²) in [5.74, 6) is -0.669. The number of methoxy groups -OCH3 is 1. The molecule has 1 amide bonds. The summed E-state index contributed by atoms with van der Waals surface area (Å²) in [6.45, 7) is 0.162. The summed E-state index contributed by atoms with van der Waals surface area (Å²) in [5.41, 5.74) is -0.362. The Labute approximate surface area is 196 Å². The van der Waals surface area contributed by atoms with E-state index in [0.29, 0.717) is 22.6 Å². The number of nitrogens with zero attached hydrogens (tertiary/aromatic N) is 1. The van der Waals surface area contributed by atoms with Crippen LogP contribution in [-0.4, -0.2) is 26.4 Å². The number of thiophene rings is 1. The van der Waals surface area contributed by atoms with E-state index in [1.165, 1.54) is 35.6 Å². The molecule has 0 bridgehead atoms. The van der Waals surface area contributed by atoms with Gasteiger partial charge in [0.1, 0.15) is 10.6 Å². The summed E-state index contributed by atoms with van der Waals surface area (Å²) >= 11 is 1.31. The molecule has 0 spiro atoms. The molecule has 0 unspecified atom stereocenters. The molecular formula is C23H17F3N2O4S2.